The van der Waals surface area contributed by atoms with E-state index in [-0.39, 0.29) is 34.3 Å². The highest BCUT2D eigenvalue weighted by atomic mass is 79.9. The molecule has 27 heavy (non-hydrogen) atoms. The van der Waals surface area contributed by atoms with Crippen molar-refractivity contribution >= 4 is 31.9 Å². The standard InChI is InChI=1S/C20H19Br2N3O2/c21-15-16(22)20-11-5-4-10-19(15,20)13-8-9-14(20)25-18(27)23(17(26)24(13)25)12-6-2-1-3-7-12/h1-3,6-9,13-16H,4-5,10-11H2/t13?,14?,15-,16-,19?,20?/m1/s1. The molecule has 1 aromatic carbocycles. The molecule has 3 heterocycles. The first-order chi connectivity index (χ1) is 13.1. The number of hydrogen-bond acceptors (Lipinski definition) is 2. The lowest BCUT2D eigenvalue weighted by Crippen LogP contribution is -2.78. The van der Waals surface area contributed by atoms with Crippen molar-refractivity contribution < 1.29 is 0 Å². The predicted octanol–water partition coefficient (Wildman–Crippen LogP) is 3.55. The zero-order chi connectivity index (χ0) is 18.6. The summed E-state index contributed by atoms with van der Waals surface area (Å²) < 4.78 is 4.83. The van der Waals surface area contributed by atoms with Crippen molar-refractivity contribution in [1.29, 1.82) is 0 Å². The first-order valence-corrected chi connectivity index (χ1v) is 11.4. The monoisotopic (exact) mass is 491 g/mol. The molecule has 140 valence electrons. The summed E-state index contributed by atoms with van der Waals surface area (Å²) >= 11 is 7.91. The van der Waals surface area contributed by atoms with Gasteiger partial charge in [0.25, 0.3) is 0 Å². The summed E-state index contributed by atoms with van der Waals surface area (Å²) in [7, 11) is 0. The van der Waals surface area contributed by atoms with E-state index in [1.54, 1.807) is 9.36 Å². The summed E-state index contributed by atoms with van der Waals surface area (Å²) in [5.74, 6) is 0. The van der Waals surface area contributed by atoms with E-state index in [1.165, 1.54) is 17.4 Å². The van der Waals surface area contributed by atoms with E-state index >= 15 is 0 Å². The number of halogens is 2. The van der Waals surface area contributed by atoms with Crippen molar-refractivity contribution in [3.05, 3.63) is 63.5 Å². The molecule has 7 rings (SSSR count). The van der Waals surface area contributed by atoms with Gasteiger partial charge in [-0.05, 0) is 25.0 Å². The molecule has 0 radical (unpaired) electrons. The lowest BCUT2D eigenvalue weighted by Gasteiger charge is -2.76. The minimum atomic E-state index is -0.225. The van der Waals surface area contributed by atoms with Crippen molar-refractivity contribution in [3.8, 4) is 5.69 Å². The lowest BCUT2D eigenvalue weighted by molar-refractivity contribution is -0.184. The summed E-state index contributed by atoms with van der Waals surface area (Å²) in [6, 6.07) is 9.11. The molecule has 7 heteroatoms. The van der Waals surface area contributed by atoms with Crippen LogP contribution in [0, 0.1) is 10.8 Å². The fourth-order valence-corrected chi connectivity index (χ4v) is 9.41. The zero-order valence-corrected chi connectivity index (χ0v) is 17.8. The molecule has 3 aliphatic carbocycles. The fourth-order valence-electron chi connectivity index (χ4n) is 6.62. The quantitative estimate of drug-likeness (QED) is 0.451. The summed E-state index contributed by atoms with van der Waals surface area (Å²) in [5, 5.41) is 0. The predicted molar refractivity (Wildman–Crippen MR) is 110 cm³/mol. The minimum absolute atomic E-state index is 0.00201. The zero-order valence-electron chi connectivity index (χ0n) is 14.6. The Kier molecular flexibility index (Phi) is 3.18. The highest BCUT2D eigenvalue weighted by Crippen LogP contribution is 2.79. The van der Waals surface area contributed by atoms with Crippen LogP contribution in [-0.2, 0) is 0 Å². The van der Waals surface area contributed by atoms with Crippen LogP contribution in [0.1, 0.15) is 37.8 Å². The largest absolute Gasteiger partial charge is 0.352 e. The van der Waals surface area contributed by atoms with Crippen LogP contribution in [0.5, 0.6) is 0 Å². The van der Waals surface area contributed by atoms with E-state index in [1.807, 2.05) is 30.3 Å². The molecule has 0 spiro atoms. The summed E-state index contributed by atoms with van der Waals surface area (Å²) in [4.78, 5) is 27.4. The highest BCUT2D eigenvalue weighted by molar-refractivity contribution is 9.12. The summed E-state index contributed by atoms with van der Waals surface area (Å²) in [6.45, 7) is 0. The van der Waals surface area contributed by atoms with Crippen LogP contribution < -0.4 is 11.4 Å². The Bertz CT molecular complexity index is 1040. The molecule has 0 amide bonds. The number of benzene rings is 1. The van der Waals surface area contributed by atoms with Crippen LogP contribution in [0.4, 0.5) is 0 Å². The molecular weight excluding hydrogens is 474 g/mol. The van der Waals surface area contributed by atoms with E-state index < -0.39 is 0 Å². The van der Waals surface area contributed by atoms with E-state index in [4.69, 9.17) is 0 Å². The highest BCUT2D eigenvalue weighted by Gasteiger charge is 2.79. The van der Waals surface area contributed by atoms with Crippen LogP contribution in [-0.4, -0.2) is 23.6 Å². The van der Waals surface area contributed by atoms with Gasteiger partial charge in [0, 0.05) is 20.5 Å². The van der Waals surface area contributed by atoms with Gasteiger partial charge < -0.3 is 0 Å². The first-order valence-electron chi connectivity index (χ1n) is 9.53. The van der Waals surface area contributed by atoms with E-state index in [9.17, 15) is 9.59 Å². The normalized spacial score (nSPS) is 40.8. The molecule has 5 aliphatic rings. The molecule has 4 unspecified atom stereocenters. The number of hydrogen-bond donors (Lipinski definition) is 0. The van der Waals surface area contributed by atoms with Crippen LogP contribution in [0.25, 0.3) is 5.69 Å². The Hall–Kier alpha value is -1.34. The van der Waals surface area contributed by atoms with Crippen molar-refractivity contribution in [1.82, 2.24) is 13.9 Å². The maximum Gasteiger partial charge on any atom is 0.352 e. The van der Waals surface area contributed by atoms with Crippen molar-refractivity contribution in [2.24, 2.45) is 10.8 Å². The van der Waals surface area contributed by atoms with E-state index in [0.29, 0.717) is 15.3 Å². The number of para-hydroxylation sites is 1. The van der Waals surface area contributed by atoms with Crippen molar-refractivity contribution in [2.45, 2.75) is 47.4 Å². The molecule has 2 aromatic rings. The van der Waals surface area contributed by atoms with Crippen molar-refractivity contribution in [2.75, 3.05) is 0 Å². The van der Waals surface area contributed by atoms with Gasteiger partial charge in [-0.15, -0.1) is 0 Å². The topological polar surface area (TPSA) is 48.9 Å². The lowest BCUT2D eigenvalue weighted by atomic mass is 9.37. The first kappa shape index (κ1) is 16.6. The molecule has 1 aromatic heterocycles. The minimum Gasteiger partial charge on any atom is -0.245 e. The van der Waals surface area contributed by atoms with Crippen LogP contribution in [0.3, 0.4) is 0 Å². The second-order valence-corrected chi connectivity index (χ2v) is 10.3. The maximum absolute atomic E-state index is 13.4. The fraction of sp³-hybridized carbons (Fsp3) is 0.500. The van der Waals surface area contributed by atoms with Gasteiger partial charge in [0.1, 0.15) is 0 Å². The second kappa shape index (κ2) is 5.17. The Labute approximate surface area is 172 Å². The average Bonchev–Trinajstić information content (AvgIpc) is 2.99. The number of allylic oxidation sites excluding steroid dienone is 2. The molecule has 2 aliphatic heterocycles. The third-order valence-corrected chi connectivity index (χ3v) is 11.0. The smallest absolute Gasteiger partial charge is 0.245 e. The van der Waals surface area contributed by atoms with Gasteiger partial charge in [-0.3, -0.25) is 0 Å². The van der Waals surface area contributed by atoms with E-state index in [0.717, 1.165) is 12.8 Å². The number of nitrogens with zero attached hydrogens (tertiary/aromatic N) is 3. The molecule has 6 atom stereocenters. The van der Waals surface area contributed by atoms with Crippen LogP contribution in [0.15, 0.2) is 52.1 Å². The third-order valence-electron chi connectivity index (χ3n) is 7.62. The van der Waals surface area contributed by atoms with Crippen LogP contribution >= 0.6 is 31.9 Å². The summed E-state index contributed by atoms with van der Waals surface area (Å²) in [5.41, 5.74) is 0.182. The SMILES string of the molecule is O=c1n(-c2ccccc2)c(=O)n2n1C1C=CC2C23CCCCC12[C@H](Br)[C@H]3Br. The van der Waals surface area contributed by atoms with Gasteiger partial charge in [0.2, 0.25) is 0 Å². The van der Waals surface area contributed by atoms with Gasteiger partial charge in [0.05, 0.1) is 17.8 Å². The van der Waals surface area contributed by atoms with Gasteiger partial charge in [0.15, 0.2) is 0 Å². The Morgan fingerprint density at radius 3 is 1.78 bits per heavy atom. The third kappa shape index (κ3) is 1.58. The second-order valence-electron chi connectivity index (χ2n) is 8.29. The van der Waals surface area contributed by atoms with Crippen molar-refractivity contribution in [3.63, 3.8) is 0 Å². The molecule has 0 N–H and O–H groups in total. The Morgan fingerprint density at radius 2 is 1.30 bits per heavy atom. The van der Waals surface area contributed by atoms with Gasteiger partial charge in [-0.25, -0.2) is 23.5 Å². The molecule has 2 fully saturated rings. The molecular formula is C20H19Br2N3O2. The molecule has 2 saturated carbocycles. The van der Waals surface area contributed by atoms with Gasteiger partial charge >= 0.3 is 11.4 Å². The Balaban J connectivity index is 1.68. The maximum atomic E-state index is 13.4. The van der Waals surface area contributed by atoms with E-state index in [2.05, 4.69) is 44.0 Å². The Morgan fingerprint density at radius 1 is 0.815 bits per heavy atom. The van der Waals surface area contributed by atoms with Gasteiger partial charge in [-0.2, -0.15) is 0 Å². The number of rotatable bonds is 1. The van der Waals surface area contributed by atoms with Crippen LogP contribution in [0.2, 0.25) is 0 Å². The average molecular weight is 493 g/mol. The molecule has 0 saturated heterocycles. The number of aromatic nitrogens is 3. The summed E-state index contributed by atoms with van der Waals surface area (Å²) in [6.07, 6.45) is 8.90. The molecule has 5 nitrogen and oxygen atoms in total. The molecule has 2 bridgehead atoms. The number of alkyl halides is 2. The van der Waals surface area contributed by atoms with Gasteiger partial charge in [-0.1, -0.05) is 75.1 Å².